The Bertz CT molecular complexity index is 944. The van der Waals surface area contributed by atoms with Crippen LogP contribution in [0.3, 0.4) is 0 Å². The van der Waals surface area contributed by atoms with Gasteiger partial charge in [-0.15, -0.1) is 0 Å². The minimum absolute atomic E-state index is 0.222. The molecule has 0 radical (unpaired) electrons. The second-order valence-corrected chi connectivity index (χ2v) is 9.99. The first kappa shape index (κ1) is 21.0. The first-order chi connectivity index (χ1) is 15.2. The van der Waals surface area contributed by atoms with Crippen molar-refractivity contribution < 1.29 is 5.01 Å². The average Bonchev–Trinajstić information content (AvgIpc) is 3.17. The Kier molecular flexibility index (Phi) is 6.31. The van der Waals surface area contributed by atoms with E-state index in [1.54, 1.807) is 0 Å². The van der Waals surface area contributed by atoms with Crippen molar-refractivity contribution in [2.24, 2.45) is 5.84 Å². The van der Waals surface area contributed by atoms with Crippen LogP contribution in [-0.4, -0.2) is 35.1 Å². The number of nitrogens with zero attached hydrogens (tertiary/aromatic N) is 2. The molecule has 0 amide bonds. The summed E-state index contributed by atoms with van der Waals surface area (Å²) in [6.45, 7) is 1.01. The molecule has 166 valence electrons. The maximum absolute atomic E-state index is 7.11. The molecule has 2 atom stereocenters. The predicted molar refractivity (Wildman–Crippen MR) is 130 cm³/mol. The molecule has 2 fully saturated rings. The maximum atomic E-state index is 7.11. The van der Waals surface area contributed by atoms with Crippen LogP contribution in [0, 0.1) is 0 Å². The molecule has 1 heterocycles. The molecule has 4 heteroatoms. The zero-order valence-corrected chi connectivity index (χ0v) is 19.1. The fraction of sp³-hybridized carbons (Fsp3) is 0.556. The lowest BCUT2D eigenvalue weighted by Crippen LogP contribution is -3.22. The molecule has 0 saturated heterocycles. The Hall–Kier alpha value is -1.88. The maximum Gasteiger partial charge on any atom is 0.198 e. The van der Waals surface area contributed by atoms with Crippen LogP contribution in [0.15, 0.2) is 48.5 Å². The van der Waals surface area contributed by atoms with Crippen molar-refractivity contribution >= 4 is 21.8 Å². The van der Waals surface area contributed by atoms with Gasteiger partial charge in [0, 0.05) is 29.7 Å². The number of rotatable bonds is 6. The third-order valence-electron chi connectivity index (χ3n) is 8.05. The highest BCUT2D eigenvalue weighted by Gasteiger charge is 2.34. The van der Waals surface area contributed by atoms with Crippen molar-refractivity contribution in [3.63, 3.8) is 0 Å². The van der Waals surface area contributed by atoms with Gasteiger partial charge in [-0.3, -0.25) is 9.47 Å². The van der Waals surface area contributed by atoms with Gasteiger partial charge < -0.3 is 0 Å². The number of nitrogens with one attached hydrogen (secondary N) is 1. The summed E-state index contributed by atoms with van der Waals surface area (Å²) < 4.78 is 2.58. The van der Waals surface area contributed by atoms with Crippen LogP contribution in [-0.2, 0) is 0 Å². The lowest BCUT2D eigenvalue weighted by Gasteiger charge is -2.38. The number of aromatic nitrogens is 1. The molecule has 0 spiro atoms. The molecule has 0 aliphatic heterocycles. The van der Waals surface area contributed by atoms with Gasteiger partial charge in [0.25, 0.3) is 0 Å². The van der Waals surface area contributed by atoms with E-state index in [-0.39, 0.29) is 6.17 Å². The molecular formula is C27H39N4+. The van der Waals surface area contributed by atoms with E-state index in [0.29, 0.717) is 12.1 Å². The van der Waals surface area contributed by atoms with E-state index in [1.165, 1.54) is 91.0 Å². The van der Waals surface area contributed by atoms with Crippen molar-refractivity contribution in [1.82, 2.24) is 9.47 Å². The first-order valence-electron chi connectivity index (χ1n) is 12.5. The smallest absolute Gasteiger partial charge is 0.198 e. The number of fused-ring (bicyclic) bond motifs is 3. The largest absolute Gasteiger partial charge is 0.296 e. The lowest BCUT2D eigenvalue weighted by atomic mass is 9.93. The fourth-order valence-electron chi connectivity index (χ4n) is 6.28. The Morgan fingerprint density at radius 2 is 1.35 bits per heavy atom. The van der Waals surface area contributed by atoms with Crippen molar-refractivity contribution in [3.8, 4) is 0 Å². The highest BCUT2D eigenvalue weighted by molar-refractivity contribution is 6.08. The molecule has 1 aromatic heterocycles. The highest BCUT2D eigenvalue weighted by atomic mass is 15.5. The van der Waals surface area contributed by atoms with E-state index in [1.807, 2.05) is 0 Å². The molecule has 3 aromatic rings. The van der Waals surface area contributed by atoms with E-state index in [4.69, 9.17) is 5.84 Å². The number of likely N-dealkylation sites (N-methyl/N-ethyl adjacent to an activating group) is 1. The van der Waals surface area contributed by atoms with Gasteiger partial charge in [0.1, 0.15) is 6.04 Å². The second-order valence-electron chi connectivity index (χ2n) is 9.99. The number of hydrogen-bond acceptors (Lipinski definition) is 2. The average molecular weight is 420 g/mol. The quantitative estimate of drug-likeness (QED) is 0.451. The molecule has 2 aliphatic rings. The van der Waals surface area contributed by atoms with Gasteiger partial charge in [-0.05, 0) is 44.9 Å². The third kappa shape index (κ3) is 4.13. The summed E-state index contributed by atoms with van der Waals surface area (Å²) in [4.78, 5) is 2.63. The van der Waals surface area contributed by atoms with Crippen LogP contribution in [0.2, 0.25) is 0 Å². The van der Waals surface area contributed by atoms with Gasteiger partial charge >= 0.3 is 0 Å². The van der Waals surface area contributed by atoms with Gasteiger partial charge in [0.2, 0.25) is 0 Å². The summed E-state index contributed by atoms with van der Waals surface area (Å²) in [5.41, 5.74) is 2.65. The van der Waals surface area contributed by atoms with Gasteiger partial charge in [-0.2, -0.15) is 5.84 Å². The number of nitrogens with two attached hydrogens (primary N) is 1. The van der Waals surface area contributed by atoms with Crippen molar-refractivity contribution in [3.05, 3.63) is 48.5 Å². The van der Waals surface area contributed by atoms with E-state index >= 15 is 0 Å². The molecule has 4 nitrogen and oxygen atoms in total. The topological polar surface area (TPSA) is 38.6 Å². The molecule has 3 N–H and O–H groups in total. The van der Waals surface area contributed by atoms with E-state index in [2.05, 4.69) is 65.0 Å². The standard InChI is InChI=1S/C27H38N4/c1-29(21-12-4-2-5-13-21)20-27(31(28)22-14-6-3-7-15-22)30-25-18-10-8-16-23(25)24-17-9-11-19-26(24)30/h8-11,16-19,21-22,27H,2-7,12-15,20,28H2,1H3/p+1. The zero-order chi connectivity index (χ0) is 21.2. The second kappa shape index (κ2) is 9.32. The Morgan fingerprint density at radius 1 is 0.839 bits per heavy atom. The molecule has 2 unspecified atom stereocenters. The molecule has 2 saturated carbocycles. The van der Waals surface area contributed by atoms with Crippen LogP contribution >= 0.6 is 0 Å². The summed E-state index contributed by atoms with van der Waals surface area (Å²) in [5, 5.41) is 3.91. The Labute approximate surface area is 187 Å². The van der Waals surface area contributed by atoms with Gasteiger partial charge in [0.05, 0.1) is 17.6 Å². The monoisotopic (exact) mass is 419 g/mol. The van der Waals surface area contributed by atoms with Crippen molar-refractivity contribution in [2.45, 2.75) is 82.5 Å². The fourth-order valence-corrected chi connectivity index (χ4v) is 6.28. The Morgan fingerprint density at radius 3 is 1.94 bits per heavy atom. The van der Waals surface area contributed by atoms with Gasteiger partial charge in [-0.25, -0.2) is 5.01 Å². The lowest BCUT2D eigenvalue weighted by molar-refractivity contribution is -0.977. The van der Waals surface area contributed by atoms with Crippen LogP contribution in [0.1, 0.15) is 70.4 Å². The summed E-state index contributed by atoms with van der Waals surface area (Å²) >= 11 is 0. The summed E-state index contributed by atoms with van der Waals surface area (Å²) in [6, 6.07) is 19.1. The molecule has 31 heavy (non-hydrogen) atoms. The molecule has 0 bridgehead atoms. The Balaban J connectivity index is 1.57. The first-order valence-corrected chi connectivity index (χ1v) is 12.5. The number of quaternary nitrogens is 1. The summed E-state index contributed by atoms with van der Waals surface area (Å²) in [6.07, 6.45) is 13.6. The number of para-hydroxylation sites is 2. The van der Waals surface area contributed by atoms with Gasteiger partial charge in [0.15, 0.2) is 6.17 Å². The van der Waals surface area contributed by atoms with Crippen LogP contribution in [0.5, 0.6) is 0 Å². The van der Waals surface area contributed by atoms with E-state index in [9.17, 15) is 0 Å². The minimum atomic E-state index is 0.222. The van der Waals surface area contributed by atoms with Crippen LogP contribution in [0.4, 0.5) is 0 Å². The molecular weight excluding hydrogens is 380 g/mol. The van der Waals surface area contributed by atoms with E-state index in [0.717, 1.165) is 6.54 Å². The molecule has 2 aliphatic carbocycles. The normalized spacial score (nSPS) is 21.1. The highest BCUT2D eigenvalue weighted by Crippen LogP contribution is 2.31. The minimum Gasteiger partial charge on any atom is -0.296 e. The number of hydrogen-bond donors (Lipinski definition) is 2. The SMILES string of the molecule is CN(CC(n1c2ccccc2c2ccccc21)[NH+](N)C1CCCCC1)C1CCCCC1. The van der Waals surface area contributed by atoms with Crippen LogP contribution < -0.4 is 10.9 Å². The van der Waals surface area contributed by atoms with E-state index < -0.39 is 0 Å². The van der Waals surface area contributed by atoms with Gasteiger partial charge in [-0.1, -0.05) is 62.1 Å². The summed E-state index contributed by atoms with van der Waals surface area (Å²) in [5.74, 6) is 7.11. The van der Waals surface area contributed by atoms with Crippen molar-refractivity contribution in [1.29, 1.82) is 0 Å². The van der Waals surface area contributed by atoms with Crippen molar-refractivity contribution in [2.75, 3.05) is 13.6 Å². The summed E-state index contributed by atoms with van der Waals surface area (Å²) in [7, 11) is 2.34. The zero-order valence-electron chi connectivity index (χ0n) is 19.1. The molecule has 2 aromatic carbocycles. The predicted octanol–water partition coefficient (Wildman–Crippen LogP) is 4.65. The van der Waals surface area contributed by atoms with Crippen LogP contribution in [0.25, 0.3) is 21.8 Å². The molecule has 5 rings (SSSR count). The number of benzene rings is 2. The third-order valence-corrected chi connectivity index (χ3v) is 8.05.